The van der Waals surface area contributed by atoms with E-state index in [-0.39, 0.29) is 12.2 Å². The third kappa shape index (κ3) is 6.96. The third-order valence-electron chi connectivity index (χ3n) is 3.68. The van der Waals surface area contributed by atoms with Gasteiger partial charge in [0.15, 0.2) is 23.3 Å². The molecule has 2 nitrogen and oxygen atoms in total. The lowest BCUT2D eigenvalue weighted by atomic mass is 10.2. The van der Waals surface area contributed by atoms with Gasteiger partial charge < -0.3 is 9.05 Å². The molecular formula is C17H24F5O2PS2. The largest absolute Gasteiger partial charge is 0.319 e. The van der Waals surface area contributed by atoms with E-state index in [9.17, 15) is 22.0 Å². The van der Waals surface area contributed by atoms with E-state index in [2.05, 4.69) is 0 Å². The van der Waals surface area contributed by atoms with Crippen LogP contribution in [0.15, 0.2) is 0 Å². The Balaban J connectivity index is 3.08. The summed E-state index contributed by atoms with van der Waals surface area (Å²) in [6, 6.07) is 0. The molecule has 0 saturated heterocycles. The van der Waals surface area contributed by atoms with Crippen LogP contribution in [0.5, 0.6) is 0 Å². The van der Waals surface area contributed by atoms with Crippen molar-refractivity contribution >= 4 is 28.9 Å². The molecule has 1 aromatic carbocycles. The summed E-state index contributed by atoms with van der Waals surface area (Å²) in [7, 11) is 0. The lowest BCUT2D eigenvalue weighted by Crippen LogP contribution is -2.12. The fraction of sp³-hybridized carbons (Fsp3) is 0.647. The van der Waals surface area contributed by atoms with Crippen LogP contribution in [-0.4, -0.2) is 12.2 Å². The molecule has 0 saturated carbocycles. The van der Waals surface area contributed by atoms with Crippen LogP contribution in [0.2, 0.25) is 0 Å². The van der Waals surface area contributed by atoms with Gasteiger partial charge in [0.2, 0.25) is 11.5 Å². The van der Waals surface area contributed by atoms with Gasteiger partial charge in [-0.2, -0.15) is 0 Å². The van der Waals surface area contributed by atoms with Crippen molar-refractivity contribution in [2.45, 2.75) is 71.3 Å². The third-order valence-corrected chi connectivity index (χ3v) is 8.96. The molecule has 0 aliphatic carbocycles. The van der Waals surface area contributed by atoms with Gasteiger partial charge in [-0.3, -0.25) is 0 Å². The second-order valence-electron chi connectivity index (χ2n) is 6.18. The Labute approximate surface area is 166 Å². The Morgan fingerprint density at radius 1 is 0.815 bits per heavy atom. The lowest BCUT2D eigenvalue weighted by Gasteiger charge is -2.28. The van der Waals surface area contributed by atoms with Crippen molar-refractivity contribution in [2.75, 3.05) is 0 Å². The van der Waals surface area contributed by atoms with Crippen molar-refractivity contribution in [1.29, 1.82) is 0 Å². The van der Waals surface area contributed by atoms with Crippen LogP contribution >= 0.6 is 17.1 Å². The summed E-state index contributed by atoms with van der Waals surface area (Å²) in [5.74, 6) is -10.4. The Morgan fingerprint density at radius 2 is 1.19 bits per heavy atom. The molecule has 156 valence electrons. The summed E-state index contributed by atoms with van der Waals surface area (Å²) in [6.45, 7) is 7.53. The second-order valence-corrected chi connectivity index (χ2v) is 12.4. The van der Waals surface area contributed by atoms with Crippen LogP contribution < -0.4 is 0 Å². The first-order valence-corrected chi connectivity index (χ1v) is 12.9. The number of hydrogen-bond acceptors (Lipinski definition) is 4. The predicted octanol–water partition coefficient (Wildman–Crippen LogP) is 7.25. The topological polar surface area (TPSA) is 18.5 Å². The highest BCUT2D eigenvalue weighted by Gasteiger charge is 2.30. The Morgan fingerprint density at radius 3 is 1.56 bits per heavy atom. The molecule has 0 spiro atoms. The predicted molar refractivity (Wildman–Crippen MR) is 103 cm³/mol. The number of rotatable bonds is 11. The first-order chi connectivity index (χ1) is 12.6. The molecule has 0 aliphatic rings. The average molecular weight is 450 g/mol. The fourth-order valence-corrected chi connectivity index (χ4v) is 7.63. The second kappa shape index (κ2) is 11.1. The van der Waals surface area contributed by atoms with Crippen molar-refractivity contribution < 1.29 is 31.0 Å². The van der Waals surface area contributed by atoms with E-state index in [1.54, 1.807) is 13.8 Å². The number of hydrogen-bond donors (Lipinski definition) is 0. The van der Waals surface area contributed by atoms with E-state index < -0.39 is 46.1 Å². The normalized spacial score (nSPS) is 16.2. The number of halogens is 5. The summed E-state index contributed by atoms with van der Waals surface area (Å²) in [5.41, 5.74) is -3.99. The molecule has 0 fully saturated rings. The van der Waals surface area contributed by atoms with Crippen LogP contribution in [-0.2, 0) is 26.6 Å². The highest BCUT2D eigenvalue weighted by Crippen LogP contribution is 2.64. The van der Waals surface area contributed by atoms with Crippen molar-refractivity contribution in [2.24, 2.45) is 0 Å². The van der Waals surface area contributed by atoms with Gasteiger partial charge in [-0.05, 0) is 38.5 Å². The van der Waals surface area contributed by atoms with E-state index in [0.29, 0.717) is 12.8 Å². The minimum atomic E-state index is -3.06. The summed E-state index contributed by atoms with van der Waals surface area (Å²) in [6.07, 6.45) is 2.57. The Hall–Kier alpha value is -0.210. The molecule has 0 radical (unpaired) electrons. The molecule has 0 aromatic heterocycles. The maximum Gasteiger partial charge on any atom is 0.248 e. The lowest BCUT2D eigenvalue weighted by molar-refractivity contribution is 0.157. The van der Waals surface area contributed by atoms with Crippen LogP contribution in [0.3, 0.4) is 0 Å². The van der Waals surface area contributed by atoms with Crippen LogP contribution in [0.1, 0.15) is 58.9 Å². The summed E-state index contributed by atoms with van der Waals surface area (Å²) in [5, 5.41) is 0. The molecule has 0 bridgehead atoms. The van der Waals surface area contributed by atoms with Gasteiger partial charge in [0.05, 0.1) is 12.2 Å². The van der Waals surface area contributed by atoms with Crippen LogP contribution in [0, 0.1) is 29.1 Å². The molecule has 0 N–H and O–H groups in total. The van der Waals surface area contributed by atoms with Gasteiger partial charge >= 0.3 is 0 Å². The standard InChI is InChI=1S/C17H24F5O2PS2/c1-5-7-10(3)23-25(26,24-11(4)8-6-2)27-9-12-13(18)15(20)17(22)16(21)14(12)19/h10-11H,5-9H2,1-4H3. The van der Waals surface area contributed by atoms with E-state index in [1.807, 2.05) is 13.8 Å². The van der Waals surface area contributed by atoms with E-state index >= 15 is 0 Å². The van der Waals surface area contributed by atoms with Crippen molar-refractivity contribution in [3.05, 3.63) is 34.6 Å². The van der Waals surface area contributed by atoms with E-state index in [1.165, 1.54) is 0 Å². The SMILES string of the molecule is CCCC(C)OP(=S)(OC(C)CCC)SCc1c(F)c(F)c(F)c(F)c1F. The molecule has 1 aromatic rings. The van der Waals surface area contributed by atoms with Gasteiger partial charge in [0.1, 0.15) is 0 Å². The zero-order valence-corrected chi connectivity index (χ0v) is 18.2. The van der Waals surface area contributed by atoms with E-state index in [4.69, 9.17) is 20.9 Å². The quantitative estimate of drug-likeness (QED) is 0.153. The first kappa shape index (κ1) is 24.8. The molecule has 27 heavy (non-hydrogen) atoms. The van der Waals surface area contributed by atoms with E-state index in [0.717, 1.165) is 24.2 Å². The zero-order chi connectivity index (χ0) is 20.8. The molecule has 0 aliphatic heterocycles. The van der Waals surface area contributed by atoms with Gasteiger partial charge in [0.25, 0.3) is 0 Å². The fourth-order valence-electron chi connectivity index (χ4n) is 2.37. The first-order valence-electron chi connectivity index (χ1n) is 8.67. The minimum Gasteiger partial charge on any atom is -0.319 e. The Kier molecular flexibility index (Phi) is 10.2. The monoisotopic (exact) mass is 450 g/mol. The van der Waals surface area contributed by atoms with Crippen molar-refractivity contribution in [1.82, 2.24) is 0 Å². The molecule has 2 unspecified atom stereocenters. The maximum atomic E-state index is 13.9. The van der Waals surface area contributed by atoms with Gasteiger partial charge in [0, 0.05) is 11.3 Å². The average Bonchev–Trinajstić information content (AvgIpc) is 2.58. The van der Waals surface area contributed by atoms with Gasteiger partial charge in [-0.15, -0.1) is 0 Å². The smallest absolute Gasteiger partial charge is 0.248 e. The minimum absolute atomic E-state index is 0.251. The highest BCUT2D eigenvalue weighted by atomic mass is 32.9. The van der Waals surface area contributed by atoms with Crippen molar-refractivity contribution in [3.63, 3.8) is 0 Å². The summed E-state index contributed by atoms with van der Waals surface area (Å²) in [4.78, 5) is 0. The van der Waals surface area contributed by atoms with Crippen molar-refractivity contribution in [3.8, 4) is 0 Å². The molecule has 1 rings (SSSR count). The number of benzene rings is 1. The molecule has 0 amide bonds. The zero-order valence-electron chi connectivity index (χ0n) is 15.7. The Bertz CT molecular complexity index is 643. The molecule has 0 heterocycles. The maximum absolute atomic E-state index is 13.9. The summed E-state index contributed by atoms with van der Waals surface area (Å²) < 4.78 is 79.5. The molecule has 10 heteroatoms. The van der Waals surface area contributed by atoms with Crippen LogP contribution in [0.25, 0.3) is 0 Å². The highest BCUT2D eigenvalue weighted by molar-refractivity contribution is 8.67. The molecule has 2 atom stereocenters. The van der Waals surface area contributed by atoms with Gasteiger partial charge in [-0.1, -0.05) is 38.1 Å². The molecular weight excluding hydrogens is 426 g/mol. The summed E-state index contributed by atoms with van der Waals surface area (Å²) >= 11 is 6.27. The van der Waals surface area contributed by atoms with Crippen LogP contribution in [0.4, 0.5) is 22.0 Å². The van der Waals surface area contributed by atoms with Gasteiger partial charge in [-0.25, -0.2) is 22.0 Å².